The molecule has 0 radical (unpaired) electrons. The highest BCUT2D eigenvalue weighted by molar-refractivity contribution is 5.98. The second-order valence-electron chi connectivity index (χ2n) is 4.40. The number of carbonyl (C=O) groups excluding carboxylic acids is 1. The first-order chi connectivity index (χ1) is 9.99. The Labute approximate surface area is 120 Å². The summed E-state index contributed by atoms with van der Waals surface area (Å²) >= 11 is 0. The monoisotopic (exact) mass is 287 g/mol. The smallest absolute Gasteiger partial charge is 0.288 e. The molecule has 0 aliphatic heterocycles. The van der Waals surface area contributed by atoms with E-state index in [0.717, 1.165) is 17.8 Å². The number of nitro groups is 1. The Balaban J connectivity index is 2.23. The summed E-state index contributed by atoms with van der Waals surface area (Å²) in [5, 5.41) is 10.7. The van der Waals surface area contributed by atoms with Crippen molar-refractivity contribution in [3.05, 3.63) is 58.0 Å². The van der Waals surface area contributed by atoms with Crippen LogP contribution in [-0.2, 0) is 6.54 Å². The van der Waals surface area contributed by atoms with Crippen molar-refractivity contribution in [2.24, 2.45) is 0 Å². The molecule has 0 fully saturated rings. The van der Waals surface area contributed by atoms with E-state index in [4.69, 9.17) is 5.73 Å². The fourth-order valence-electron chi connectivity index (χ4n) is 1.77. The van der Waals surface area contributed by atoms with E-state index in [1.807, 2.05) is 0 Å². The van der Waals surface area contributed by atoms with Gasteiger partial charge in [0, 0.05) is 32.1 Å². The first kappa shape index (κ1) is 14.4. The number of rotatable bonds is 4. The first-order valence-electron chi connectivity index (χ1n) is 6.03. The van der Waals surface area contributed by atoms with Crippen molar-refractivity contribution in [1.29, 1.82) is 0 Å². The lowest BCUT2D eigenvalue weighted by molar-refractivity contribution is -0.385. The molecule has 2 N–H and O–H groups in total. The summed E-state index contributed by atoms with van der Waals surface area (Å²) in [5.41, 5.74) is 6.26. The summed E-state index contributed by atoms with van der Waals surface area (Å²) in [4.78, 5) is 31.4. The molecule has 0 spiro atoms. The fraction of sp³-hybridized carbons (Fsp3) is 0.154. The van der Waals surface area contributed by atoms with Crippen LogP contribution in [0.1, 0.15) is 15.9 Å². The summed E-state index contributed by atoms with van der Waals surface area (Å²) in [6.45, 7) is 0.337. The average molecular weight is 287 g/mol. The summed E-state index contributed by atoms with van der Waals surface area (Å²) in [6.07, 6.45) is 4.27. The Bertz CT molecular complexity index is 675. The Morgan fingerprint density at radius 1 is 1.43 bits per heavy atom. The van der Waals surface area contributed by atoms with Crippen molar-refractivity contribution in [3.8, 4) is 0 Å². The third-order valence-corrected chi connectivity index (χ3v) is 2.86. The third kappa shape index (κ3) is 3.30. The maximum absolute atomic E-state index is 12.3. The molecule has 1 amide bonds. The number of nitrogens with two attached hydrogens (primary N) is 1. The molecule has 0 aliphatic rings. The van der Waals surface area contributed by atoms with E-state index >= 15 is 0 Å². The zero-order valence-corrected chi connectivity index (χ0v) is 11.3. The van der Waals surface area contributed by atoms with E-state index in [2.05, 4.69) is 9.97 Å². The summed E-state index contributed by atoms with van der Waals surface area (Å²) < 4.78 is 0. The van der Waals surface area contributed by atoms with E-state index in [1.54, 1.807) is 31.6 Å². The van der Waals surface area contributed by atoms with E-state index in [-0.39, 0.29) is 17.1 Å². The maximum atomic E-state index is 12.3. The van der Waals surface area contributed by atoms with Crippen LogP contribution in [0, 0.1) is 10.1 Å². The van der Waals surface area contributed by atoms with Gasteiger partial charge in [-0.25, -0.2) is 4.98 Å². The Hall–Kier alpha value is -3.03. The number of nitrogens with zero attached hydrogens (tertiary/aromatic N) is 4. The molecule has 0 saturated carbocycles. The SMILES string of the molecule is CN(Cc1ccncc1)C(=O)c1cc([N+](=O)[O-])cnc1N. The Morgan fingerprint density at radius 3 is 2.71 bits per heavy atom. The van der Waals surface area contributed by atoms with Gasteiger partial charge in [-0.15, -0.1) is 0 Å². The lowest BCUT2D eigenvalue weighted by Crippen LogP contribution is -2.27. The molecule has 0 bridgehead atoms. The number of pyridine rings is 2. The van der Waals surface area contributed by atoms with E-state index < -0.39 is 10.8 Å². The number of anilines is 1. The van der Waals surface area contributed by atoms with Crippen LogP contribution in [0.15, 0.2) is 36.8 Å². The predicted molar refractivity (Wildman–Crippen MR) is 75.3 cm³/mol. The zero-order valence-electron chi connectivity index (χ0n) is 11.3. The van der Waals surface area contributed by atoms with Gasteiger partial charge >= 0.3 is 0 Å². The van der Waals surface area contributed by atoms with Gasteiger partial charge in [-0.1, -0.05) is 0 Å². The number of hydrogen-bond donors (Lipinski definition) is 1. The van der Waals surface area contributed by atoms with Gasteiger partial charge in [0.25, 0.3) is 11.6 Å². The number of nitrogen functional groups attached to an aromatic ring is 1. The second-order valence-corrected chi connectivity index (χ2v) is 4.40. The van der Waals surface area contributed by atoms with E-state index in [1.165, 1.54) is 4.90 Å². The lowest BCUT2D eigenvalue weighted by Gasteiger charge is -2.17. The minimum atomic E-state index is -0.619. The quantitative estimate of drug-likeness (QED) is 0.668. The van der Waals surface area contributed by atoms with Crippen molar-refractivity contribution < 1.29 is 9.72 Å². The summed E-state index contributed by atoms with van der Waals surface area (Å²) in [7, 11) is 1.58. The normalized spacial score (nSPS) is 10.1. The molecule has 0 unspecified atom stereocenters. The van der Waals surface area contributed by atoms with Crippen molar-refractivity contribution in [3.63, 3.8) is 0 Å². The lowest BCUT2D eigenvalue weighted by atomic mass is 10.2. The van der Waals surface area contributed by atoms with Gasteiger partial charge in [0.05, 0.1) is 10.5 Å². The molecular formula is C13H13N5O3. The van der Waals surface area contributed by atoms with Crippen LogP contribution in [0.4, 0.5) is 11.5 Å². The molecule has 8 nitrogen and oxygen atoms in total. The topological polar surface area (TPSA) is 115 Å². The average Bonchev–Trinajstić information content (AvgIpc) is 2.47. The molecule has 2 aromatic rings. The Kier molecular flexibility index (Phi) is 4.07. The number of hydrogen-bond acceptors (Lipinski definition) is 6. The molecule has 2 heterocycles. The molecule has 21 heavy (non-hydrogen) atoms. The summed E-state index contributed by atoms with van der Waals surface area (Å²) in [6, 6.07) is 4.69. The molecular weight excluding hydrogens is 274 g/mol. The molecule has 2 rings (SSSR count). The van der Waals surface area contributed by atoms with Crippen molar-refractivity contribution in [1.82, 2.24) is 14.9 Å². The van der Waals surface area contributed by atoms with Gasteiger partial charge < -0.3 is 10.6 Å². The number of amides is 1. The Morgan fingerprint density at radius 2 is 2.10 bits per heavy atom. The standard InChI is InChI=1S/C13H13N5O3/c1-17(8-9-2-4-15-5-3-9)13(19)11-6-10(18(20)21)7-16-12(11)14/h2-7H,8H2,1H3,(H2,14,16). The van der Waals surface area contributed by atoms with Gasteiger partial charge in [0.15, 0.2) is 0 Å². The van der Waals surface area contributed by atoms with Crippen molar-refractivity contribution >= 4 is 17.4 Å². The minimum absolute atomic E-state index is 0.0146. The van der Waals surface area contributed by atoms with Crippen LogP contribution in [0.5, 0.6) is 0 Å². The molecule has 8 heteroatoms. The van der Waals surface area contributed by atoms with Crippen LogP contribution < -0.4 is 5.73 Å². The molecule has 108 valence electrons. The number of carbonyl (C=O) groups is 1. The zero-order chi connectivity index (χ0) is 15.4. The minimum Gasteiger partial charge on any atom is -0.383 e. The van der Waals surface area contributed by atoms with Crippen LogP contribution in [0.3, 0.4) is 0 Å². The highest BCUT2D eigenvalue weighted by atomic mass is 16.6. The third-order valence-electron chi connectivity index (χ3n) is 2.86. The van der Waals surface area contributed by atoms with Crippen molar-refractivity contribution in [2.45, 2.75) is 6.54 Å². The van der Waals surface area contributed by atoms with Crippen molar-refractivity contribution in [2.75, 3.05) is 12.8 Å². The number of aromatic nitrogens is 2. The van der Waals surface area contributed by atoms with Gasteiger partial charge in [-0.05, 0) is 17.7 Å². The van der Waals surface area contributed by atoms with Gasteiger partial charge in [-0.3, -0.25) is 19.9 Å². The van der Waals surface area contributed by atoms with Crippen LogP contribution in [0.25, 0.3) is 0 Å². The molecule has 2 aromatic heterocycles. The molecule has 0 aromatic carbocycles. The predicted octanol–water partition coefficient (Wildman–Crippen LogP) is 1.24. The highest BCUT2D eigenvalue weighted by Crippen LogP contribution is 2.18. The van der Waals surface area contributed by atoms with Gasteiger partial charge in [0.2, 0.25) is 0 Å². The van der Waals surface area contributed by atoms with Gasteiger partial charge in [0.1, 0.15) is 12.0 Å². The largest absolute Gasteiger partial charge is 0.383 e. The fourth-order valence-corrected chi connectivity index (χ4v) is 1.77. The highest BCUT2D eigenvalue weighted by Gasteiger charge is 2.19. The molecule has 0 saturated heterocycles. The van der Waals surface area contributed by atoms with Crippen LogP contribution >= 0.6 is 0 Å². The molecule has 0 aliphatic carbocycles. The van der Waals surface area contributed by atoms with Gasteiger partial charge in [-0.2, -0.15) is 0 Å². The maximum Gasteiger partial charge on any atom is 0.288 e. The molecule has 0 atom stereocenters. The van der Waals surface area contributed by atoms with Crippen LogP contribution in [-0.4, -0.2) is 32.7 Å². The second kappa shape index (κ2) is 5.95. The van der Waals surface area contributed by atoms with E-state index in [9.17, 15) is 14.9 Å². The summed E-state index contributed by atoms with van der Waals surface area (Å²) in [5.74, 6) is -0.465. The van der Waals surface area contributed by atoms with E-state index in [0.29, 0.717) is 6.54 Å². The first-order valence-corrected chi connectivity index (χ1v) is 6.03. The van der Waals surface area contributed by atoms with Crippen LogP contribution in [0.2, 0.25) is 0 Å².